The van der Waals surface area contributed by atoms with Crippen LogP contribution in [0.1, 0.15) is 5.56 Å². The first-order valence-electron chi connectivity index (χ1n) is 7.97. The lowest BCUT2D eigenvalue weighted by molar-refractivity contribution is -0.113. The monoisotopic (exact) mass is 424 g/mol. The molecule has 1 heterocycles. The number of nitrogens with zero attached hydrogens (tertiary/aromatic N) is 2. The van der Waals surface area contributed by atoms with Crippen molar-refractivity contribution in [1.29, 1.82) is 0 Å². The quantitative estimate of drug-likeness (QED) is 0.485. The minimum Gasteiger partial charge on any atom is -0.384 e. The Bertz CT molecular complexity index is 934. The number of amidine groups is 1. The number of anilines is 1. The summed E-state index contributed by atoms with van der Waals surface area (Å²) >= 11 is 13.3. The normalized spacial score (nSPS) is 15.6. The van der Waals surface area contributed by atoms with Gasteiger partial charge in [0.15, 0.2) is 5.17 Å². The number of para-hydroxylation sites is 1. The topological polar surface area (TPSA) is 41.9 Å². The van der Waals surface area contributed by atoms with Crippen molar-refractivity contribution in [1.82, 2.24) is 0 Å². The van der Waals surface area contributed by atoms with Crippen LogP contribution in [-0.2, 0) is 9.53 Å². The third-order valence-corrected chi connectivity index (χ3v) is 5.33. The van der Waals surface area contributed by atoms with Crippen molar-refractivity contribution in [2.45, 2.75) is 0 Å². The molecule has 140 valence electrons. The minimum atomic E-state index is -0.498. The molecule has 0 N–H and O–H groups in total. The molecule has 0 saturated carbocycles. The molecule has 1 aliphatic rings. The highest BCUT2D eigenvalue weighted by Gasteiger charge is 2.33. The van der Waals surface area contributed by atoms with E-state index in [1.807, 2.05) is 0 Å². The third kappa shape index (κ3) is 4.52. The largest absolute Gasteiger partial charge is 0.384 e. The Morgan fingerprint density at radius 3 is 2.70 bits per heavy atom. The fourth-order valence-electron chi connectivity index (χ4n) is 2.41. The van der Waals surface area contributed by atoms with Gasteiger partial charge >= 0.3 is 0 Å². The van der Waals surface area contributed by atoms with Gasteiger partial charge in [-0.25, -0.2) is 9.38 Å². The number of carbonyl (C=O) groups is 1. The highest BCUT2D eigenvalue weighted by Crippen LogP contribution is 2.31. The molecule has 0 aliphatic carbocycles. The second kappa shape index (κ2) is 8.89. The number of thioether (sulfide) groups is 1. The van der Waals surface area contributed by atoms with Gasteiger partial charge < -0.3 is 4.74 Å². The van der Waals surface area contributed by atoms with Gasteiger partial charge in [0.2, 0.25) is 0 Å². The van der Waals surface area contributed by atoms with Crippen molar-refractivity contribution in [2.75, 3.05) is 24.4 Å². The lowest BCUT2D eigenvalue weighted by Gasteiger charge is -2.18. The van der Waals surface area contributed by atoms with E-state index in [1.165, 1.54) is 22.7 Å². The molecular weight excluding hydrogens is 410 g/mol. The van der Waals surface area contributed by atoms with Gasteiger partial charge in [0.1, 0.15) is 11.5 Å². The maximum absolute atomic E-state index is 14.3. The molecule has 0 radical (unpaired) electrons. The fourth-order valence-corrected chi connectivity index (χ4v) is 3.63. The lowest BCUT2D eigenvalue weighted by atomic mass is 10.2. The summed E-state index contributed by atoms with van der Waals surface area (Å²) in [6, 6.07) is 11.1. The van der Waals surface area contributed by atoms with Crippen molar-refractivity contribution < 1.29 is 13.9 Å². The van der Waals surface area contributed by atoms with E-state index >= 15 is 0 Å². The van der Waals surface area contributed by atoms with Gasteiger partial charge in [-0.3, -0.25) is 9.69 Å². The van der Waals surface area contributed by atoms with Crippen LogP contribution in [0.3, 0.4) is 0 Å². The van der Waals surface area contributed by atoms with E-state index in [0.29, 0.717) is 33.1 Å². The number of halogens is 3. The van der Waals surface area contributed by atoms with E-state index in [-0.39, 0.29) is 11.4 Å². The Morgan fingerprint density at radius 1 is 1.22 bits per heavy atom. The predicted octanol–water partition coefficient (Wildman–Crippen LogP) is 5.26. The Labute approximate surface area is 170 Å². The van der Waals surface area contributed by atoms with Crippen molar-refractivity contribution in [2.24, 2.45) is 4.99 Å². The van der Waals surface area contributed by atoms with E-state index in [0.717, 1.165) is 0 Å². The van der Waals surface area contributed by atoms with Crippen LogP contribution in [0.5, 0.6) is 0 Å². The molecule has 8 heteroatoms. The smallest absolute Gasteiger partial charge is 0.283 e. The Balaban J connectivity index is 1.98. The summed E-state index contributed by atoms with van der Waals surface area (Å²) in [6.07, 6.45) is 1.60. The second-order valence-electron chi connectivity index (χ2n) is 5.53. The van der Waals surface area contributed by atoms with Gasteiger partial charge in [-0.05, 0) is 35.9 Å². The molecule has 27 heavy (non-hydrogen) atoms. The summed E-state index contributed by atoms with van der Waals surface area (Å²) in [5, 5.41) is 1.19. The van der Waals surface area contributed by atoms with Crippen LogP contribution >= 0.6 is 35.0 Å². The zero-order valence-corrected chi connectivity index (χ0v) is 16.6. The standard InChI is InChI=1S/C19H15Cl2FN2O2S/c1-26-8-9-27-19-23-16(11-12-6-7-13(20)14(21)10-12)18(25)24(19)17-5-3-2-4-15(17)22/h2-7,10-11H,8-9H2,1H3/b16-11-. The Morgan fingerprint density at radius 2 is 2.00 bits per heavy atom. The van der Waals surface area contributed by atoms with Gasteiger partial charge in [-0.15, -0.1) is 0 Å². The number of methoxy groups -OCH3 is 1. The number of hydrogen-bond acceptors (Lipinski definition) is 4. The number of ether oxygens (including phenoxy) is 1. The molecule has 4 nitrogen and oxygen atoms in total. The number of benzene rings is 2. The number of rotatable bonds is 5. The third-order valence-electron chi connectivity index (χ3n) is 3.69. The highest BCUT2D eigenvalue weighted by molar-refractivity contribution is 8.14. The summed E-state index contributed by atoms with van der Waals surface area (Å²) in [6.45, 7) is 0.481. The van der Waals surface area contributed by atoms with Crippen LogP contribution in [0.15, 0.2) is 53.2 Å². The zero-order valence-electron chi connectivity index (χ0n) is 14.3. The van der Waals surface area contributed by atoms with Gasteiger partial charge in [-0.1, -0.05) is 53.2 Å². The van der Waals surface area contributed by atoms with Crippen LogP contribution in [0, 0.1) is 5.82 Å². The summed E-state index contributed by atoms with van der Waals surface area (Å²) < 4.78 is 19.3. The molecule has 0 unspecified atom stereocenters. The maximum atomic E-state index is 14.3. The number of amides is 1. The highest BCUT2D eigenvalue weighted by atomic mass is 35.5. The second-order valence-corrected chi connectivity index (χ2v) is 7.41. The molecule has 0 bridgehead atoms. The summed E-state index contributed by atoms with van der Waals surface area (Å²) in [4.78, 5) is 18.6. The Hall–Kier alpha value is -1.86. The fraction of sp³-hybridized carbons (Fsp3) is 0.158. The molecule has 3 rings (SSSR count). The van der Waals surface area contributed by atoms with E-state index in [4.69, 9.17) is 27.9 Å². The number of aliphatic imine (C=N–C) groups is 1. The van der Waals surface area contributed by atoms with E-state index in [9.17, 15) is 9.18 Å². The van der Waals surface area contributed by atoms with Crippen LogP contribution in [0.2, 0.25) is 10.0 Å². The first kappa shape index (κ1) is 19.9. The van der Waals surface area contributed by atoms with Crippen molar-refractivity contribution >= 4 is 57.8 Å². The van der Waals surface area contributed by atoms with Crippen molar-refractivity contribution in [3.63, 3.8) is 0 Å². The molecule has 1 aliphatic heterocycles. The van der Waals surface area contributed by atoms with Crippen LogP contribution in [0.25, 0.3) is 6.08 Å². The van der Waals surface area contributed by atoms with Gasteiger partial charge in [0, 0.05) is 12.9 Å². The van der Waals surface area contributed by atoms with E-state index in [1.54, 1.807) is 49.6 Å². The van der Waals surface area contributed by atoms with E-state index in [2.05, 4.69) is 4.99 Å². The molecule has 0 atom stereocenters. The first-order chi connectivity index (χ1) is 13.0. The summed E-state index contributed by atoms with van der Waals surface area (Å²) in [7, 11) is 1.59. The molecular formula is C19H15Cl2FN2O2S. The summed E-state index contributed by atoms with van der Waals surface area (Å²) in [5.41, 5.74) is 1.02. The van der Waals surface area contributed by atoms with Crippen LogP contribution < -0.4 is 4.90 Å². The molecule has 0 fully saturated rings. The van der Waals surface area contributed by atoms with Crippen molar-refractivity contribution in [3.05, 3.63) is 69.6 Å². The van der Waals surface area contributed by atoms with Crippen molar-refractivity contribution in [3.8, 4) is 0 Å². The minimum absolute atomic E-state index is 0.156. The van der Waals surface area contributed by atoms with E-state index < -0.39 is 11.7 Å². The maximum Gasteiger partial charge on any atom is 0.283 e. The van der Waals surface area contributed by atoms with Gasteiger partial charge in [0.05, 0.1) is 22.3 Å². The lowest BCUT2D eigenvalue weighted by Crippen LogP contribution is -2.31. The summed E-state index contributed by atoms with van der Waals surface area (Å²) in [5.74, 6) is -0.332. The number of carbonyl (C=O) groups excluding carboxylic acids is 1. The zero-order chi connectivity index (χ0) is 19.4. The van der Waals surface area contributed by atoms with Crippen LogP contribution in [0.4, 0.5) is 10.1 Å². The van der Waals surface area contributed by atoms with Gasteiger partial charge in [0.25, 0.3) is 5.91 Å². The molecule has 2 aromatic carbocycles. The SMILES string of the molecule is COCCSC1=N/C(=C\c2ccc(Cl)c(Cl)c2)C(=O)N1c1ccccc1F. The molecule has 0 spiro atoms. The van der Waals surface area contributed by atoms with Gasteiger partial charge in [-0.2, -0.15) is 0 Å². The molecule has 1 amide bonds. The number of hydrogen-bond donors (Lipinski definition) is 0. The molecule has 2 aromatic rings. The molecule has 0 saturated heterocycles. The predicted molar refractivity (Wildman–Crippen MR) is 110 cm³/mol. The Kier molecular flexibility index (Phi) is 6.55. The molecule has 0 aromatic heterocycles. The average Bonchev–Trinajstić information content (AvgIpc) is 2.94. The average molecular weight is 425 g/mol. The van der Waals surface area contributed by atoms with Crippen LogP contribution in [-0.4, -0.2) is 30.5 Å². The first-order valence-corrected chi connectivity index (χ1v) is 9.71.